The monoisotopic (exact) mass is 366 g/mol. The molecular formula is C17H17ClF2N4O. The van der Waals surface area contributed by atoms with Crippen molar-refractivity contribution in [3.63, 3.8) is 0 Å². The second-order valence-corrected chi connectivity index (χ2v) is 6.99. The number of carbonyl (C=O) groups excluding carboxylic acids is 1. The minimum Gasteiger partial charge on any atom is -0.367 e. The Hall–Kier alpha value is -2.02. The molecule has 25 heavy (non-hydrogen) atoms. The lowest BCUT2D eigenvalue weighted by Gasteiger charge is -2.39. The van der Waals surface area contributed by atoms with Crippen LogP contribution in [0.3, 0.4) is 0 Å². The van der Waals surface area contributed by atoms with Crippen LogP contribution in [0.15, 0.2) is 24.4 Å². The van der Waals surface area contributed by atoms with E-state index in [1.165, 1.54) is 4.90 Å². The lowest BCUT2D eigenvalue weighted by atomic mass is 9.97. The number of nitrogens with zero attached hydrogens (tertiary/aromatic N) is 3. The van der Waals surface area contributed by atoms with Gasteiger partial charge in [-0.3, -0.25) is 9.78 Å². The van der Waals surface area contributed by atoms with Crippen LogP contribution in [-0.2, 0) is 4.79 Å². The summed E-state index contributed by atoms with van der Waals surface area (Å²) in [7, 11) is 0. The molecule has 0 aliphatic carbocycles. The fourth-order valence-corrected chi connectivity index (χ4v) is 4.30. The van der Waals surface area contributed by atoms with Crippen LogP contribution in [0, 0.1) is 0 Å². The molecule has 0 spiro atoms. The fourth-order valence-electron chi connectivity index (χ4n) is 4.12. The number of halogens is 3. The molecular weight excluding hydrogens is 350 g/mol. The van der Waals surface area contributed by atoms with Gasteiger partial charge in [0.05, 0.1) is 5.52 Å². The number of anilines is 1. The maximum Gasteiger partial charge on any atom is 0.315 e. The van der Waals surface area contributed by atoms with Gasteiger partial charge in [0.15, 0.2) is 0 Å². The predicted octanol–water partition coefficient (Wildman–Crippen LogP) is 3.48. The Labute approximate surface area is 148 Å². The third-order valence-electron chi connectivity index (χ3n) is 5.08. The number of fused-ring (bicyclic) bond motifs is 3. The molecule has 2 aliphatic rings. The van der Waals surface area contributed by atoms with Crippen LogP contribution in [0.4, 0.5) is 14.6 Å². The third kappa shape index (κ3) is 3.01. The van der Waals surface area contributed by atoms with Crippen molar-refractivity contribution in [3.8, 4) is 0 Å². The average Bonchev–Trinajstić information content (AvgIpc) is 2.84. The summed E-state index contributed by atoms with van der Waals surface area (Å²) in [6.07, 6.45) is 1.56. The first-order valence-corrected chi connectivity index (χ1v) is 8.69. The van der Waals surface area contributed by atoms with Gasteiger partial charge >= 0.3 is 6.43 Å². The van der Waals surface area contributed by atoms with Crippen LogP contribution in [0.25, 0.3) is 10.9 Å². The number of rotatable bonds is 3. The zero-order valence-corrected chi connectivity index (χ0v) is 14.1. The highest BCUT2D eigenvalue weighted by molar-refractivity contribution is 6.30. The zero-order valence-electron chi connectivity index (χ0n) is 13.3. The molecule has 2 bridgehead atoms. The summed E-state index contributed by atoms with van der Waals surface area (Å²) >= 11 is 6.08. The molecule has 2 aliphatic heterocycles. The molecule has 0 aromatic carbocycles. The van der Waals surface area contributed by atoms with Gasteiger partial charge in [-0.1, -0.05) is 11.6 Å². The lowest BCUT2D eigenvalue weighted by Crippen LogP contribution is -2.51. The van der Waals surface area contributed by atoms with Crippen molar-refractivity contribution >= 4 is 34.2 Å². The van der Waals surface area contributed by atoms with E-state index in [4.69, 9.17) is 11.6 Å². The zero-order chi connectivity index (χ0) is 17.6. The highest BCUT2D eigenvalue weighted by atomic mass is 35.5. The standard InChI is InChI=1S/C17H17ClF2N4O/c18-14-8-13-12(2-1-5-21-13)16(23-14)22-9-6-10-3-4-11(7-9)24(10)17(25)15(19)20/h1-2,5,8-11,15H,3-4,6-7H2,(H,22,23). The molecule has 4 rings (SSSR count). The van der Waals surface area contributed by atoms with Crippen LogP contribution in [0.1, 0.15) is 25.7 Å². The van der Waals surface area contributed by atoms with E-state index in [1.54, 1.807) is 12.3 Å². The number of nitrogens with one attached hydrogen (secondary N) is 1. The minimum absolute atomic E-state index is 0.0635. The normalized spacial score (nSPS) is 25.6. The van der Waals surface area contributed by atoms with Gasteiger partial charge in [-0.2, -0.15) is 8.78 Å². The molecule has 0 saturated carbocycles. The number of pyridine rings is 2. The first-order valence-electron chi connectivity index (χ1n) is 8.31. The number of alkyl halides is 2. The molecule has 2 fully saturated rings. The maximum absolute atomic E-state index is 12.8. The average molecular weight is 367 g/mol. The summed E-state index contributed by atoms with van der Waals surface area (Å²) in [6, 6.07) is 5.24. The topological polar surface area (TPSA) is 58.1 Å². The number of hydrogen-bond donors (Lipinski definition) is 1. The van der Waals surface area contributed by atoms with Crippen LogP contribution in [0.5, 0.6) is 0 Å². The van der Waals surface area contributed by atoms with Crippen LogP contribution < -0.4 is 5.32 Å². The van der Waals surface area contributed by atoms with Gasteiger partial charge in [0.25, 0.3) is 5.91 Å². The van der Waals surface area contributed by atoms with Gasteiger partial charge in [0.2, 0.25) is 0 Å². The molecule has 1 amide bonds. The van der Waals surface area contributed by atoms with Crippen molar-refractivity contribution in [2.45, 2.75) is 50.2 Å². The SMILES string of the molecule is O=C(C(F)F)N1C2CCC1CC(Nc1nc(Cl)cc3ncccc13)C2. The van der Waals surface area contributed by atoms with Crippen LogP contribution in [-0.4, -0.2) is 45.3 Å². The first kappa shape index (κ1) is 16.4. The number of amides is 1. The Morgan fingerprint density at radius 3 is 2.72 bits per heavy atom. The number of aromatic nitrogens is 2. The molecule has 4 heterocycles. The van der Waals surface area contributed by atoms with E-state index in [2.05, 4.69) is 15.3 Å². The molecule has 5 nitrogen and oxygen atoms in total. The highest BCUT2D eigenvalue weighted by Gasteiger charge is 2.45. The molecule has 2 aromatic heterocycles. The molecule has 2 atom stereocenters. The predicted molar refractivity (Wildman–Crippen MR) is 90.9 cm³/mol. The summed E-state index contributed by atoms with van der Waals surface area (Å²) < 4.78 is 25.6. The van der Waals surface area contributed by atoms with Crippen molar-refractivity contribution < 1.29 is 13.6 Å². The van der Waals surface area contributed by atoms with E-state index in [9.17, 15) is 13.6 Å². The lowest BCUT2D eigenvalue weighted by molar-refractivity contribution is -0.147. The molecule has 2 saturated heterocycles. The van der Waals surface area contributed by atoms with E-state index >= 15 is 0 Å². The van der Waals surface area contributed by atoms with Gasteiger partial charge < -0.3 is 10.2 Å². The molecule has 0 radical (unpaired) electrons. The van der Waals surface area contributed by atoms with Crippen LogP contribution >= 0.6 is 11.6 Å². The van der Waals surface area contributed by atoms with E-state index in [1.807, 2.05) is 12.1 Å². The molecule has 2 unspecified atom stereocenters. The summed E-state index contributed by atoms with van der Waals surface area (Å²) in [5, 5.41) is 4.61. The second-order valence-electron chi connectivity index (χ2n) is 6.61. The van der Waals surface area contributed by atoms with Gasteiger partial charge in [-0.15, -0.1) is 0 Å². The van der Waals surface area contributed by atoms with Gasteiger partial charge in [0, 0.05) is 35.8 Å². The van der Waals surface area contributed by atoms with Gasteiger partial charge in [-0.25, -0.2) is 4.98 Å². The van der Waals surface area contributed by atoms with E-state index < -0.39 is 12.3 Å². The second kappa shape index (κ2) is 6.37. The molecule has 2 aromatic rings. The minimum atomic E-state index is -2.93. The quantitative estimate of drug-likeness (QED) is 0.845. The maximum atomic E-state index is 12.8. The van der Waals surface area contributed by atoms with E-state index in [0.29, 0.717) is 23.8 Å². The Kier molecular flexibility index (Phi) is 4.19. The Morgan fingerprint density at radius 2 is 2.04 bits per heavy atom. The number of piperidine rings is 1. The Bertz CT molecular complexity index is 804. The molecule has 8 heteroatoms. The third-order valence-corrected chi connectivity index (χ3v) is 5.28. The molecule has 1 N–H and O–H groups in total. The van der Waals surface area contributed by atoms with Gasteiger partial charge in [0.1, 0.15) is 11.0 Å². The highest BCUT2D eigenvalue weighted by Crippen LogP contribution is 2.38. The van der Waals surface area contributed by atoms with Crippen molar-refractivity contribution in [1.29, 1.82) is 0 Å². The first-order chi connectivity index (χ1) is 12.0. The largest absolute Gasteiger partial charge is 0.367 e. The smallest absolute Gasteiger partial charge is 0.315 e. The van der Waals surface area contributed by atoms with Crippen molar-refractivity contribution in [2.24, 2.45) is 0 Å². The van der Waals surface area contributed by atoms with Crippen molar-refractivity contribution in [1.82, 2.24) is 14.9 Å². The summed E-state index contributed by atoms with van der Waals surface area (Å²) in [5.74, 6) is -0.393. The van der Waals surface area contributed by atoms with Crippen LogP contribution in [0.2, 0.25) is 5.15 Å². The van der Waals surface area contributed by atoms with E-state index in [-0.39, 0.29) is 18.1 Å². The Morgan fingerprint density at radius 1 is 1.32 bits per heavy atom. The Balaban J connectivity index is 1.56. The fraction of sp³-hybridized carbons (Fsp3) is 0.471. The van der Waals surface area contributed by atoms with Gasteiger partial charge in [-0.05, 0) is 37.8 Å². The summed E-state index contributed by atoms with van der Waals surface area (Å²) in [6.45, 7) is 0. The van der Waals surface area contributed by atoms with Crippen molar-refractivity contribution in [3.05, 3.63) is 29.5 Å². The number of hydrogen-bond acceptors (Lipinski definition) is 4. The summed E-state index contributed by atoms with van der Waals surface area (Å²) in [5.41, 5.74) is 0.748. The number of carbonyl (C=O) groups is 1. The summed E-state index contributed by atoms with van der Waals surface area (Å²) in [4.78, 5) is 21.8. The van der Waals surface area contributed by atoms with Crippen molar-refractivity contribution in [2.75, 3.05) is 5.32 Å². The molecule has 132 valence electrons. The van der Waals surface area contributed by atoms with E-state index in [0.717, 1.165) is 23.7 Å².